The fourth-order valence-electron chi connectivity index (χ4n) is 4.05. The third-order valence-electron chi connectivity index (χ3n) is 5.91. The molecule has 9 heteroatoms. The molecule has 0 saturated carbocycles. The van der Waals surface area contributed by atoms with Gasteiger partial charge in [-0.05, 0) is 62.9 Å². The van der Waals surface area contributed by atoms with Gasteiger partial charge in [-0.25, -0.2) is 13.8 Å². The van der Waals surface area contributed by atoms with Gasteiger partial charge in [-0.2, -0.15) is 0 Å². The minimum absolute atomic E-state index is 0.0626. The van der Waals surface area contributed by atoms with Crippen LogP contribution in [0.15, 0.2) is 53.6 Å². The molecule has 5 heterocycles. The van der Waals surface area contributed by atoms with Crippen molar-refractivity contribution >= 4 is 22.5 Å². The van der Waals surface area contributed by atoms with Gasteiger partial charge in [0.2, 0.25) is 0 Å². The van der Waals surface area contributed by atoms with Gasteiger partial charge in [0.05, 0.1) is 16.1 Å². The molecule has 0 radical (unpaired) electrons. The summed E-state index contributed by atoms with van der Waals surface area (Å²) in [7, 11) is 0. The van der Waals surface area contributed by atoms with Crippen molar-refractivity contribution in [2.45, 2.75) is 45.6 Å². The van der Waals surface area contributed by atoms with Gasteiger partial charge in [-0.1, -0.05) is 17.7 Å². The van der Waals surface area contributed by atoms with Gasteiger partial charge in [0.1, 0.15) is 11.3 Å². The molecule has 0 spiro atoms. The normalized spacial score (nSPS) is 14.3. The molecule has 0 aliphatic carbocycles. The van der Waals surface area contributed by atoms with E-state index in [1.165, 1.54) is 37.6 Å². The fourth-order valence-corrected chi connectivity index (χ4v) is 4.20. The molecule has 0 unspecified atom stereocenters. The molecule has 1 aromatic carbocycles. The predicted molar refractivity (Wildman–Crippen MR) is 136 cm³/mol. The Morgan fingerprint density at radius 2 is 1.75 bits per heavy atom. The van der Waals surface area contributed by atoms with Crippen LogP contribution in [-0.4, -0.2) is 32.7 Å². The number of aryl methyl sites for hydroxylation is 2. The van der Waals surface area contributed by atoms with Crippen LogP contribution < -0.4 is 5.56 Å². The molecule has 4 aromatic rings. The number of nitrogens with zero attached hydrogens (tertiary/aromatic N) is 4. The lowest BCUT2D eigenvalue weighted by Crippen LogP contribution is -2.21. The molecule has 0 N–H and O–H groups in total. The Hall–Kier alpha value is -3.23. The van der Waals surface area contributed by atoms with Crippen molar-refractivity contribution in [1.82, 2.24) is 19.5 Å². The lowest BCUT2D eigenvalue weighted by Gasteiger charge is -2.10. The maximum absolute atomic E-state index is 14.2. The monoisotopic (exact) mass is 512 g/mol. The van der Waals surface area contributed by atoms with Crippen LogP contribution in [0, 0.1) is 18.6 Å². The molecule has 0 amide bonds. The SMILES string of the molecule is C1CCOCC1.Cc1ccccn1.O=c1c2ccnc(-c3ccc(Cl)c(F)c3F)c2nc2n1CCC2. The Labute approximate surface area is 213 Å². The number of hydrogen-bond acceptors (Lipinski definition) is 5. The number of aromatic nitrogens is 4. The lowest BCUT2D eigenvalue weighted by molar-refractivity contribution is 0.0968. The van der Waals surface area contributed by atoms with Crippen molar-refractivity contribution in [3.05, 3.63) is 87.3 Å². The first-order valence-electron chi connectivity index (χ1n) is 11.9. The minimum Gasteiger partial charge on any atom is -0.381 e. The van der Waals surface area contributed by atoms with Crippen molar-refractivity contribution in [3.8, 4) is 11.3 Å². The van der Waals surface area contributed by atoms with E-state index in [2.05, 4.69) is 15.0 Å². The molecular weight excluding hydrogens is 486 g/mol. The Morgan fingerprint density at radius 1 is 0.944 bits per heavy atom. The van der Waals surface area contributed by atoms with Crippen LogP contribution in [0.4, 0.5) is 8.78 Å². The zero-order valence-electron chi connectivity index (χ0n) is 20.0. The molecule has 6 rings (SSSR count). The van der Waals surface area contributed by atoms with Crippen LogP contribution in [0.2, 0.25) is 5.02 Å². The molecule has 2 aliphatic rings. The predicted octanol–water partition coefficient (Wildman–Crippen LogP) is 5.91. The van der Waals surface area contributed by atoms with E-state index in [0.29, 0.717) is 24.2 Å². The summed E-state index contributed by atoms with van der Waals surface area (Å²) in [6.45, 7) is 4.60. The summed E-state index contributed by atoms with van der Waals surface area (Å²) in [4.78, 5) is 25.1. The molecule has 1 saturated heterocycles. The third kappa shape index (κ3) is 5.94. The topological polar surface area (TPSA) is 69.9 Å². The highest BCUT2D eigenvalue weighted by atomic mass is 35.5. The van der Waals surface area contributed by atoms with Crippen LogP contribution in [0.3, 0.4) is 0 Å². The summed E-state index contributed by atoms with van der Waals surface area (Å²) in [6.07, 6.45) is 8.63. The van der Waals surface area contributed by atoms with Gasteiger partial charge in [-0.15, -0.1) is 0 Å². The maximum atomic E-state index is 14.2. The van der Waals surface area contributed by atoms with Crippen LogP contribution in [-0.2, 0) is 17.7 Å². The first-order chi connectivity index (χ1) is 17.5. The van der Waals surface area contributed by atoms with E-state index in [1.807, 2.05) is 25.1 Å². The summed E-state index contributed by atoms with van der Waals surface area (Å²) in [6, 6.07) is 10.0. The second kappa shape index (κ2) is 12.1. The third-order valence-corrected chi connectivity index (χ3v) is 6.21. The molecule has 6 nitrogen and oxygen atoms in total. The van der Waals surface area contributed by atoms with Gasteiger partial charge < -0.3 is 4.74 Å². The lowest BCUT2D eigenvalue weighted by atomic mass is 10.1. The molecule has 188 valence electrons. The van der Waals surface area contributed by atoms with Crippen LogP contribution in [0.25, 0.3) is 22.2 Å². The van der Waals surface area contributed by atoms with Crippen LogP contribution >= 0.6 is 11.6 Å². The molecule has 36 heavy (non-hydrogen) atoms. The molecule has 0 bridgehead atoms. The van der Waals surface area contributed by atoms with Crippen molar-refractivity contribution in [2.75, 3.05) is 13.2 Å². The highest BCUT2D eigenvalue weighted by Crippen LogP contribution is 2.30. The van der Waals surface area contributed by atoms with Crippen LogP contribution in [0.1, 0.15) is 37.2 Å². The number of rotatable bonds is 1. The quantitative estimate of drug-likeness (QED) is 0.296. The minimum atomic E-state index is -1.14. The van der Waals surface area contributed by atoms with Gasteiger partial charge in [-0.3, -0.25) is 19.3 Å². The first-order valence-corrected chi connectivity index (χ1v) is 12.3. The molecule has 0 atom stereocenters. The van der Waals surface area contributed by atoms with Crippen molar-refractivity contribution < 1.29 is 13.5 Å². The van der Waals surface area contributed by atoms with Crippen molar-refractivity contribution in [1.29, 1.82) is 0 Å². The highest BCUT2D eigenvalue weighted by molar-refractivity contribution is 6.30. The maximum Gasteiger partial charge on any atom is 0.261 e. The van der Waals surface area contributed by atoms with Crippen molar-refractivity contribution in [2.24, 2.45) is 0 Å². The Balaban J connectivity index is 0.000000190. The zero-order chi connectivity index (χ0) is 25.5. The van der Waals surface area contributed by atoms with E-state index in [4.69, 9.17) is 16.3 Å². The first kappa shape index (κ1) is 25.9. The summed E-state index contributed by atoms with van der Waals surface area (Å²) < 4.78 is 34.7. The second-order valence-electron chi connectivity index (χ2n) is 8.51. The number of pyridine rings is 2. The molecule has 1 fully saturated rings. The highest BCUT2D eigenvalue weighted by Gasteiger charge is 2.21. The van der Waals surface area contributed by atoms with E-state index >= 15 is 0 Å². The van der Waals surface area contributed by atoms with E-state index in [1.54, 1.807) is 16.8 Å². The summed E-state index contributed by atoms with van der Waals surface area (Å²) in [5, 5.41) is 0.0378. The fraction of sp³-hybridized carbons (Fsp3) is 0.333. The van der Waals surface area contributed by atoms with Crippen molar-refractivity contribution in [3.63, 3.8) is 0 Å². The van der Waals surface area contributed by atoms with Gasteiger partial charge in [0, 0.05) is 49.8 Å². The second-order valence-corrected chi connectivity index (χ2v) is 8.92. The molecular formula is C27H27ClF2N4O2. The average molecular weight is 513 g/mol. The summed E-state index contributed by atoms with van der Waals surface area (Å²) in [5.41, 5.74) is 1.25. The largest absolute Gasteiger partial charge is 0.381 e. The number of fused-ring (bicyclic) bond motifs is 2. The Bertz CT molecular complexity index is 1380. The van der Waals surface area contributed by atoms with E-state index in [-0.39, 0.29) is 27.4 Å². The van der Waals surface area contributed by atoms with E-state index in [0.717, 1.165) is 25.3 Å². The molecule has 2 aliphatic heterocycles. The smallest absolute Gasteiger partial charge is 0.261 e. The number of ether oxygens (including phenoxy) is 1. The number of halogens is 3. The van der Waals surface area contributed by atoms with Gasteiger partial charge >= 0.3 is 0 Å². The van der Waals surface area contributed by atoms with Gasteiger partial charge in [0.25, 0.3) is 5.56 Å². The standard InChI is InChI=1S/C16H10ClF2N3O.C6H7N.C5H10O/c17-10-4-3-8(12(18)13(10)19)14-15-9(5-6-20-14)16(23)22-7-1-2-11(22)21-15;1-6-4-2-3-5-7-6;1-2-4-6-5-3-1/h3-6H,1-2,7H2;2-5H,1H3;1-5H2. The van der Waals surface area contributed by atoms with Gasteiger partial charge in [0.15, 0.2) is 11.6 Å². The van der Waals surface area contributed by atoms with E-state index in [9.17, 15) is 13.6 Å². The average Bonchev–Trinajstić information content (AvgIpc) is 3.39. The summed E-state index contributed by atoms with van der Waals surface area (Å²) >= 11 is 5.59. The number of benzene rings is 1. The molecule has 3 aromatic heterocycles. The van der Waals surface area contributed by atoms with E-state index < -0.39 is 11.6 Å². The Kier molecular flexibility index (Phi) is 8.72. The summed E-state index contributed by atoms with van der Waals surface area (Å²) in [5.74, 6) is -1.59. The zero-order valence-corrected chi connectivity index (χ0v) is 20.8. The Morgan fingerprint density at radius 3 is 2.36 bits per heavy atom. The van der Waals surface area contributed by atoms with Crippen LogP contribution in [0.5, 0.6) is 0 Å². The number of hydrogen-bond donors (Lipinski definition) is 0.